The van der Waals surface area contributed by atoms with Crippen LogP contribution < -0.4 is 29.7 Å². The molecule has 1 amide bonds. The monoisotopic (exact) mass is 579 g/mol. The second-order valence-corrected chi connectivity index (χ2v) is 11.2. The lowest BCUT2D eigenvalue weighted by molar-refractivity contribution is -0.113. The van der Waals surface area contributed by atoms with Gasteiger partial charge in [0.2, 0.25) is 0 Å². The van der Waals surface area contributed by atoms with Crippen LogP contribution in [-0.2, 0) is 11.2 Å². The van der Waals surface area contributed by atoms with Crippen molar-refractivity contribution in [1.29, 1.82) is 0 Å². The van der Waals surface area contributed by atoms with Gasteiger partial charge in [-0.25, -0.2) is 4.99 Å². The lowest BCUT2D eigenvalue weighted by atomic mass is 9.95. The lowest BCUT2D eigenvalue weighted by Gasteiger charge is -2.25. The first-order chi connectivity index (χ1) is 20.2. The van der Waals surface area contributed by atoms with Crippen LogP contribution in [0.1, 0.15) is 40.8 Å². The molecule has 2 heterocycles. The molecule has 1 aliphatic rings. The van der Waals surface area contributed by atoms with Crippen molar-refractivity contribution in [3.05, 3.63) is 132 Å². The summed E-state index contributed by atoms with van der Waals surface area (Å²) >= 11 is 1.30. The number of carbonyl (C=O) groups excluding carboxylic acids is 1. The summed E-state index contributed by atoms with van der Waals surface area (Å²) in [6, 6.07) is 18.4. The van der Waals surface area contributed by atoms with Gasteiger partial charge in [0.25, 0.3) is 11.5 Å². The Balaban J connectivity index is 1.65. The van der Waals surface area contributed by atoms with Gasteiger partial charge in [-0.2, -0.15) is 0 Å². The van der Waals surface area contributed by atoms with Crippen LogP contribution in [-0.4, -0.2) is 24.7 Å². The van der Waals surface area contributed by atoms with Crippen LogP contribution in [0.3, 0.4) is 0 Å². The van der Waals surface area contributed by atoms with E-state index in [0.717, 1.165) is 33.6 Å². The van der Waals surface area contributed by atoms with Crippen molar-refractivity contribution in [3.63, 3.8) is 0 Å². The van der Waals surface area contributed by atoms with Gasteiger partial charge in [0, 0.05) is 5.69 Å². The van der Waals surface area contributed by atoms with Crippen molar-refractivity contribution in [3.8, 4) is 11.5 Å². The molecule has 1 N–H and O–H groups in total. The molecule has 4 aromatic rings. The highest BCUT2D eigenvalue weighted by Crippen LogP contribution is 2.32. The smallest absolute Gasteiger partial charge is 0.271 e. The maximum Gasteiger partial charge on any atom is 0.271 e. The highest BCUT2D eigenvalue weighted by atomic mass is 32.1. The highest BCUT2D eigenvalue weighted by Gasteiger charge is 2.32. The molecule has 5 rings (SSSR count). The Hall–Kier alpha value is -4.69. The number of nitrogens with zero attached hydrogens (tertiary/aromatic N) is 2. The summed E-state index contributed by atoms with van der Waals surface area (Å²) in [4.78, 5) is 33.2. The number of hydrogen-bond donors (Lipinski definition) is 1. The van der Waals surface area contributed by atoms with E-state index in [1.54, 1.807) is 18.8 Å². The Morgan fingerprint density at radius 2 is 1.81 bits per heavy atom. The Morgan fingerprint density at radius 3 is 2.48 bits per heavy atom. The minimum absolute atomic E-state index is 0.218. The van der Waals surface area contributed by atoms with E-state index in [-0.39, 0.29) is 11.5 Å². The second kappa shape index (κ2) is 12.0. The predicted octanol–water partition coefficient (Wildman–Crippen LogP) is 5.24. The van der Waals surface area contributed by atoms with E-state index in [1.165, 1.54) is 11.3 Å². The van der Waals surface area contributed by atoms with Crippen LogP contribution >= 0.6 is 11.3 Å². The van der Waals surface area contributed by atoms with Crippen molar-refractivity contribution >= 4 is 29.0 Å². The van der Waals surface area contributed by atoms with E-state index in [9.17, 15) is 9.59 Å². The van der Waals surface area contributed by atoms with Crippen molar-refractivity contribution in [2.75, 3.05) is 19.5 Å². The first-order valence-electron chi connectivity index (χ1n) is 13.6. The maximum atomic E-state index is 14.0. The van der Waals surface area contributed by atoms with Gasteiger partial charge in [0.05, 0.1) is 36.1 Å². The highest BCUT2D eigenvalue weighted by molar-refractivity contribution is 7.07. The van der Waals surface area contributed by atoms with Crippen molar-refractivity contribution in [2.45, 2.75) is 33.2 Å². The van der Waals surface area contributed by atoms with Gasteiger partial charge in [0.15, 0.2) is 4.80 Å². The molecule has 0 fully saturated rings. The third-order valence-corrected chi connectivity index (χ3v) is 8.28. The molecule has 42 heavy (non-hydrogen) atoms. The van der Waals surface area contributed by atoms with E-state index >= 15 is 0 Å². The number of rotatable bonds is 8. The number of nitrogens with one attached hydrogen (secondary N) is 1. The molecule has 0 saturated carbocycles. The zero-order valence-electron chi connectivity index (χ0n) is 24.4. The normalized spacial score (nSPS) is 14.7. The second-order valence-electron chi connectivity index (χ2n) is 10.2. The fraction of sp³-hybridized carbons (Fsp3) is 0.206. The summed E-state index contributed by atoms with van der Waals surface area (Å²) in [6.45, 7) is 9.62. The Morgan fingerprint density at radius 1 is 1.05 bits per heavy atom. The van der Waals surface area contributed by atoms with Crippen molar-refractivity contribution in [1.82, 2.24) is 4.57 Å². The number of amides is 1. The van der Waals surface area contributed by atoms with Gasteiger partial charge in [-0.05, 0) is 85.9 Å². The number of carbonyl (C=O) groups is 1. The van der Waals surface area contributed by atoms with Crippen LogP contribution in [0.25, 0.3) is 6.08 Å². The van der Waals surface area contributed by atoms with Gasteiger partial charge in [-0.15, -0.1) is 6.58 Å². The molecule has 1 aliphatic heterocycles. The average Bonchev–Trinajstić information content (AvgIpc) is 3.28. The molecule has 0 bridgehead atoms. The number of methoxy groups -OCH3 is 2. The predicted molar refractivity (Wildman–Crippen MR) is 168 cm³/mol. The number of anilines is 1. The van der Waals surface area contributed by atoms with E-state index in [4.69, 9.17) is 14.5 Å². The molecule has 1 aromatic heterocycles. The van der Waals surface area contributed by atoms with Gasteiger partial charge >= 0.3 is 0 Å². The van der Waals surface area contributed by atoms with E-state index in [1.807, 2.05) is 93.6 Å². The average molecular weight is 580 g/mol. The lowest BCUT2D eigenvalue weighted by Crippen LogP contribution is -2.40. The van der Waals surface area contributed by atoms with Gasteiger partial charge < -0.3 is 14.8 Å². The zero-order chi connectivity index (χ0) is 30.0. The molecule has 0 saturated heterocycles. The largest absolute Gasteiger partial charge is 0.497 e. The number of allylic oxidation sites excluding steroid dienone is 2. The zero-order valence-corrected chi connectivity index (χ0v) is 25.2. The maximum absolute atomic E-state index is 14.0. The molecule has 3 aromatic carbocycles. The number of aromatic nitrogens is 1. The minimum atomic E-state index is -0.674. The molecule has 1 atom stereocenters. The molecule has 0 radical (unpaired) electrons. The summed E-state index contributed by atoms with van der Waals surface area (Å²) in [6.07, 6.45) is 4.31. The summed E-state index contributed by atoms with van der Waals surface area (Å²) < 4.78 is 13.0. The van der Waals surface area contributed by atoms with E-state index in [0.29, 0.717) is 38.5 Å². The fourth-order valence-electron chi connectivity index (χ4n) is 5.21. The minimum Gasteiger partial charge on any atom is -0.497 e. The SMILES string of the molecule is C=CCc1cc(/C=c2/sc3n(c2=O)[C@H](c2ccc(OC)cc2)C(C(=O)Nc2ccc(C)cc2C)=C(C)N=3)ccc1OC. The Bertz CT molecular complexity index is 1900. The third kappa shape index (κ3) is 5.58. The fourth-order valence-corrected chi connectivity index (χ4v) is 6.26. The van der Waals surface area contributed by atoms with Crippen LogP contribution in [0.5, 0.6) is 11.5 Å². The number of benzene rings is 3. The summed E-state index contributed by atoms with van der Waals surface area (Å²) in [7, 11) is 3.24. The quantitative estimate of drug-likeness (QED) is 0.290. The summed E-state index contributed by atoms with van der Waals surface area (Å²) in [5, 5.41) is 3.06. The van der Waals surface area contributed by atoms with Gasteiger partial charge in [-0.3, -0.25) is 14.2 Å². The molecule has 7 nitrogen and oxygen atoms in total. The first-order valence-corrected chi connectivity index (χ1v) is 14.4. The van der Waals surface area contributed by atoms with Crippen molar-refractivity contribution in [2.24, 2.45) is 4.99 Å². The first kappa shape index (κ1) is 28.8. The molecule has 0 unspecified atom stereocenters. The van der Waals surface area contributed by atoms with E-state index in [2.05, 4.69) is 11.9 Å². The summed E-state index contributed by atoms with van der Waals surface area (Å²) in [5.41, 5.74) is 6.15. The Kier molecular flexibility index (Phi) is 8.27. The molecule has 0 aliphatic carbocycles. The van der Waals surface area contributed by atoms with E-state index < -0.39 is 6.04 Å². The third-order valence-electron chi connectivity index (χ3n) is 7.29. The number of ether oxygens (including phenoxy) is 2. The van der Waals surface area contributed by atoms with Crippen LogP contribution in [0.4, 0.5) is 5.69 Å². The molecule has 8 heteroatoms. The molecular weight excluding hydrogens is 546 g/mol. The van der Waals surface area contributed by atoms with Crippen LogP contribution in [0.2, 0.25) is 0 Å². The Labute approximate surface area is 248 Å². The van der Waals surface area contributed by atoms with Gasteiger partial charge in [0.1, 0.15) is 11.5 Å². The van der Waals surface area contributed by atoms with Crippen molar-refractivity contribution < 1.29 is 14.3 Å². The molecular formula is C34H33N3O4S. The van der Waals surface area contributed by atoms with Gasteiger partial charge in [-0.1, -0.05) is 53.3 Å². The number of thiazole rings is 1. The number of fused-ring (bicyclic) bond motifs is 1. The number of aryl methyl sites for hydroxylation is 2. The standard InChI is InChI=1S/C34H33N3O4S/c1-7-8-25-18-23(10-16-28(25)41-6)19-29-33(39)37-31(24-11-13-26(40-5)14-12-24)30(22(4)35-34(37)42-29)32(38)36-27-15-9-20(2)17-21(27)3/h7,9-19,31H,1,8H2,2-6H3,(H,36,38)/b29-19+/t31-/m1/s1. The van der Waals surface area contributed by atoms with Crippen LogP contribution in [0.15, 0.2) is 94.4 Å². The topological polar surface area (TPSA) is 81.9 Å². The molecule has 214 valence electrons. The molecule has 0 spiro atoms. The summed E-state index contributed by atoms with van der Waals surface area (Å²) in [5.74, 6) is 1.15. The van der Waals surface area contributed by atoms with Crippen LogP contribution in [0, 0.1) is 13.8 Å². The number of hydrogen-bond acceptors (Lipinski definition) is 6.